The Labute approximate surface area is 128 Å². The zero-order valence-corrected chi connectivity index (χ0v) is 13.1. The van der Waals surface area contributed by atoms with Crippen molar-refractivity contribution in [3.05, 3.63) is 29.0 Å². The van der Waals surface area contributed by atoms with Crippen LogP contribution >= 0.6 is 11.3 Å². The molecular weight excluding hydrogens is 286 g/mol. The Hall–Kier alpha value is -1.66. The fraction of sp³-hybridized carbons (Fsp3) is 0.467. The summed E-state index contributed by atoms with van der Waals surface area (Å²) >= 11 is 1.50. The van der Waals surface area contributed by atoms with E-state index >= 15 is 0 Å². The van der Waals surface area contributed by atoms with Crippen molar-refractivity contribution in [2.24, 2.45) is 0 Å². The predicted molar refractivity (Wildman–Crippen MR) is 82.5 cm³/mol. The Kier molecular flexibility index (Phi) is 4.07. The summed E-state index contributed by atoms with van der Waals surface area (Å²) < 4.78 is 5.36. The van der Waals surface area contributed by atoms with Crippen LogP contribution in [0.5, 0.6) is 0 Å². The molecule has 2 aromatic rings. The maximum absolute atomic E-state index is 12.6. The van der Waals surface area contributed by atoms with Gasteiger partial charge in [-0.2, -0.15) is 0 Å². The normalized spacial score (nSPS) is 16.4. The molecule has 0 aromatic carbocycles. The quantitative estimate of drug-likeness (QED) is 0.946. The van der Waals surface area contributed by atoms with Crippen molar-refractivity contribution in [3.8, 4) is 10.8 Å². The molecule has 112 valence electrons. The molecule has 1 fully saturated rings. The van der Waals surface area contributed by atoms with E-state index < -0.39 is 0 Å². The van der Waals surface area contributed by atoms with Crippen LogP contribution in [0.4, 0.5) is 0 Å². The molecule has 1 aliphatic heterocycles. The number of nitrogens with one attached hydrogen (secondary N) is 1. The number of rotatable bonds is 3. The largest absolute Gasteiger partial charge is 0.462 e. The minimum atomic E-state index is 0.0381. The number of aryl methyl sites for hydroxylation is 1. The van der Waals surface area contributed by atoms with Crippen LogP contribution < -0.4 is 5.32 Å². The van der Waals surface area contributed by atoms with Gasteiger partial charge in [0.05, 0.1) is 6.26 Å². The third kappa shape index (κ3) is 2.87. The fourth-order valence-electron chi connectivity index (χ4n) is 2.62. The molecule has 2 aromatic heterocycles. The summed E-state index contributed by atoms with van der Waals surface area (Å²) in [6.07, 6.45) is 3.61. The molecular formula is C15H19N3O2S. The van der Waals surface area contributed by atoms with Crippen molar-refractivity contribution in [1.82, 2.24) is 15.2 Å². The summed E-state index contributed by atoms with van der Waals surface area (Å²) in [6.45, 7) is 3.52. The average molecular weight is 305 g/mol. The van der Waals surface area contributed by atoms with Gasteiger partial charge in [0.25, 0.3) is 5.91 Å². The van der Waals surface area contributed by atoms with Crippen molar-refractivity contribution < 1.29 is 9.21 Å². The van der Waals surface area contributed by atoms with Gasteiger partial charge in [0.1, 0.15) is 5.69 Å². The smallest absolute Gasteiger partial charge is 0.273 e. The molecule has 0 bridgehead atoms. The van der Waals surface area contributed by atoms with E-state index in [-0.39, 0.29) is 5.91 Å². The number of amides is 1. The summed E-state index contributed by atoms with van der Waals surface area (Å²) in [5.74, 6) is 0.757. The maximum atomic E-state index is 12.6. The summed E-state index contributed by atoms with van der Waals surface area (Å²) in [6, 6.07) is 4.21. The van der Waals surface area contributed by atoms with Gasteiger partial charge in [-0.3, -0.25) is 4.79 Å². The highest BCUT2D eigenvalue weighted by Gasteiger charge is 2.26. The van der Waals surface area contributed by atoms with E-state index in [1.54, 1.807) is 6.26 Å². The van der Waals surface area contributed by atoms with Crippen molar-refractivity contribution in [1.29, 1.82) is 0 Å². The van der Waals surface area contributed by atoms with Crippen LogP contribution in [-0.2, 0) is 0 Å². The van der Waals surface area contributed by atoms with Crippen LogP contribution in [0.3, 0.4) is 0 Å². The average Bonchev–Trinajstić information content (AvgIpc) is 3.16. The first kappa shape index (κ1) is 14.3. The van der Waals surface area contributed by atoms with Gasteiger partial charge in [-0.15, -0.1) is 11.3 Å². The van der Waals surface area contributed by atoms with Gasteiger partial charge >= 0.3 is 0 Å². The molecule has 0 radical (unpaired) electrons. The number of carbonyl (C=O) groups excluding carboxylic acids is 1. The summed E-state index contributed by atoms with van der Waals surface area (Å²) in [5, 5.41) is 4.04. The lowest BCUT2D eigenvalue weighted by molar-refractivity contribution is 0.0701. The molecule has 1 amide bonds. The highest BCUT2D eigenvalue weighted by Crippen LogP contribution is 2.29. The van der Waals surface area contributed by atoms with Crippen LogP contribution in [0.2, 0.25) is 0 Å². The number of hydrogen-bond donors (Lipinski definition) is 1. The molecule has 3 rings (SSSR count). The van der Waals surface area contributed by atoms with Gasteiger partial charge < -0.3 is 14.6 Å². The van der Waals surface area contributed by atoms with Crippen molar-refractivity contribution in [3.63, 3.8) is 0 Å². The predicted octanol–water partition coefficient (Wildman–Crippen LogP) is 2.54. The monoisotopic (exact) mass is 305 g/mol. The molecule has 0 unspecified atom stereocenters. The van der Waals surface area contributed by atoms with Gasteiger partial charge in [0.2, 0.25) is 0 Å². The maximum Gasteiger partial charge on any atom is 0.273 e. The Bertz CT molecular complexity index is 613. The van der Waals surface area contributed by atoms with Gasteiger partial charge in [-0.1, -0.05) is 0 Å². The number of thiazole rings is 1. The zero-order chi connectivity index (χ0) is 14.8. The van der Waals surface area contributed by atoms with E-state index in [9.17, 15) is 4.79 Å². The number of piperidine rings is 1. The highest BCUT2D eigenvalue weighted by molar-refractivity contribution is 7.15. The first-order valence-electron chi connectivity index (χ1n) is 7.17. The van der Waals surface area contributed by atoms with Gasteiger partial charge in [-0.05, 0) is 38.9 Å². The number of hydrogen-bond acceptors (Lipinski definition) is 5. The molecule has 0 aliphatic carbocycles. The van der Waals surface area contributed by atoms with E-state index in [1.165, 1.54) is 11.3 Å². The Morgan fingerprint density at radius 1 is 1.48 bits per heavy atom. The van der Waals surface area contributed by atoms with Crippen LogP contribution in [0.15, 0.2) is 22.8 Å². The second-order valence-electron chi connectivity index (χ2n) is 5.26. The van der Waals surface area contributed by atoms with E-state index in [2.05, 4.69) is 10.3 Å². The molecule has 1 N–H and O–H groups in total. The lowest BCUT2D eigenvalue weighted by Gasteiger charge is -2.31. The molecule has 21 heavy (non-hydrogen) atoms. The number of nitrogens with zero attached hydrogens (tertiary/aromatic N) is 2. The van der Waals surface area contributed by atoms with Crippen molar-refractivity contribution in [2.45, 2.75) is 25.8 Å². The Balaban J connectivity index is 1.76. The lowest BCUT2D eigenvalue weighted by atomic mass is 10.1. The second-order valence-corrected chi connectivity index (χ2v) is 6.46. The molecule has 6 heteroatoms. The van der Waals surface area contributed by atoms with Crippen molar-refractivity contribution in [2.75, 3.05) is 20.1 Å². The van der Waals surface area contributed by atoms with E-state index in [4.69, 9.17) is 4.42 Å². The first-order chi connectivity index (χ1) is 10.2. The Morgan fingerprint density at radius 3 is 2.86 bits per heavy atom. The third-order valence-corrected chi connectivity index (χ3v) is 4.91. The third-order valence-electron chi connectivity index (χ3n) is 3.92. The summed E-state index contributed by atoms with van der Waals surface area (Å²) in [7, 11) is 1.97. The molecule has 1 aliphatic rings. The zero-order valence-electron chi connectivity index (χ0n) is 12.3. The van der Waals surface area contributed by atoms with Crippen LogP contribution in [0.25, 0.3) is 10.8 Å². The van der Waals surface area contributed by atoms with Crippen molar-refractivity contribution >= 4 is 17.2 Å². The topological polar surface area (TPSA) is 58.4 Å². The minimum absolute atomic E-state index is 0.0381. The van der Waals surface area contributed by atoms with Crippen LogP contribution in [0.1, 0.15) is 28.2 Å². The van der Waals surface area contributed by atoms with E-state index in [1.807, 2.05) is 31.0 Å². The Morgan fingerprint density at radius 2 is 2.24 bits per heavy atom. The standard InChI is InChI=1S/C15H19N3O2S/c1-10-13(17-14(21-10)12-4-3-9-20-12)15(19)18-7-5-11(16-2)6-8-18/h3-4,9,11,16H,5-8H2,1-2H3. The first-order valence-corrected chi connectivity index (χ1v) is 7.98. The molecule has 1 saturated heterocycles. The molecule has 0 atom stereocenters. The molecule has 5 nitrogen and oxygen atoms in total. The SMILES string of the molecule is CNC1CCN(C(=O)c2nc(-c3ccco3)sc2C)CC1. The second kappa shape index (κ2) is 5.99. The lowest BCUT2D eigenvalue weighted by Crippen LogP contribution is -2.44. The van der Waals surface area contributed by atoms with Gasteiger partial charge in [0.15, 0.2) is 10.8 Å². The van der Waals surface area contributed by atoms with E-state index in [0.29, 0.717) is 11.7 Å². The summed E-state index contributed by atoms with van der Waals surface area (Å²) in [5.41, 5.74) is 0.564. The van der Waals surface area contributed by atoms with Gasteiger partial charge in [0, 0.05) is 24.0 Å². The van der Waals surface area contributed by atoms with Crippen LogP contribution in [-0.4, -0.2) is 42.0 Å². The summed E-state index contributed by atoms with van der Waals surface area (Å²) in [4.78, 5) is 20.0. The minimum Gasteiger partial charge on any atom is -0.462 e. The van der Waals surface area contributed by atoms with Gasteiger partial charge in [-0.25, -0.2) is 4.98 Å². The fourth-order valence-corrected chi connectivity index (χ4v) is 3.49. The molecule has 0 spiro atoms. The highest BCUT2D eigenvalue weighted by atomic mass is 32.1. The molecule has 0 saturated carbocycles. The number of likely N-dealkylation sites (tertiary alicyclic amines) is 1. The number of carbonyl (C=O) groups is 1. The number of furan rings is 1. The van der Waals surface area contributed by atoms with Crippen LogP contribution in [0, 0.1) is 6.92 Å². The molecule has 3 heterocycles. The van der Waals surface area contributed by atoms with E-state index in [0.717, 1.165) is 41.6 Å². The number of aromatic nitrogens is 1.